The molecule has 7 heteroatoms. The van der Waals surface area contributed by atoms with Gasteiger partial charge in [-0.1, -0.05) is 12.1 Å². The van der Waals surface area contributed by atoms with Crippen LogP contribution in [0.15, 0.2) is 34.8 Å². The Kier molecular flexibility index (Phi) is 7.87. The zero-order valence-electron chi connectivity index (χ0n) is 15.8. The number of thiazole rings is 1. The fraction of sp³-hybridized carbons (Fsp3) is 0.474. The fourth-order valence-electron chi connectivity index (χ4n) is 2.32. The second-order valence-electron chi connectivity index (χ2n) is 6.19. The van der Waals surface area contributed by atoms with Crippen LogP contribution in [0, 0.1) is 6.92 Å². The summed E-state index contributed by atoms with van der Waals surface area (Å²) in [6.07, 6.45) is -0.495. The van der Waals surface area contributed by atoms with E-state index in [1.165, 1.54) is 0 Å². The number of rotatable bonds is 8. The molecule has 26 heavy (non-hydrogen) atoms. The van der Waals surface area contributed by atoms with Crippen LogP contribution >= 0.6 is 11.3 Å². The van der Waals surface area contributed by atoms with Crippen LogP contribution < -0.4 is 15.4 Å². The van der Waals surface area contributed by atoms with Crippen molar-refractivity contribution in [2.24, 2.45) is 4.99 Å². The van der Waals surface area contributed by atoms with Crippen molar-refractivity contribution in [1.82, 2.24) is 15.6 Å². The number of hydrogen-bond donors (Lipinski definition) is 3. The number of guanidine groups is 1. The molecule has 2 rings (SSSR count). The monoisotopic (exact) mass is 376 g/mol. The SMILES string of the molecule is CCNC(=NCc1scnc1C)NCC(O)c1ccc(OC(C)C)cc1. The quantitative estimate of drug-likeness (QED) is 0.487. The van der Waals surface area contributed by atoms with Crippen LogP contribution in [0.3, 0.4) is 0 Å². The van der Waals surface area contributed by atoms with Crippen molar-refractivity contribution in [3.05, 3.63) is 45.9 Å². The molecule has 0 bridgehead atoms. The topological polar surface area (TPSA) is 78.8 Å². The minimum Gasteiger partial charge on any atom is -0.491 e. The third-order valence-corrected chi connectivity index (χ3v) is 4.59. The maximum Gasteiger partial charge on any atom is 0.191 e. The van der Waals surface area contributed by atoms with Gasteiger partial charge in [-0.2, -0.15) is 0 Å². The predicted octanol–water partition coefficient (Wildman–Crippen LogP) is 3.03. The number of ether oxygens (including phenoxy) is 1. The van der Waals surface area contributed by atoms with Crippen LogP contribution in [-0.2, 0) is 6.54 Å². The molecule has 0 radical (unpaired) electrons. The molecule has 0 aliphatic heterocycles. The van der Waals surface area contributed by atoms with Gasteiger partial charge < -0.3 is 20.5 Å². The Morgan fingerprint density at radius 2 is 2.00 bits per heavy atom. The summed E-state index contributed by atoms with van der Waals surface area (Å²) in [5, 5.41) is 16.8. The number of nitrogens with zero attached hydrogens (tertiary/aromatic N) is 2. The number of aliphatic hydroxyl groups is 1. The minimum atomic E-state index is -0.628. The molecule has 1 heterocycles. The number of aliphatic hydroxyl groups excluding tert-OH is 1. The summed E-state index contributed by atoms with van der Waals surface area (Å²) < 4.78 is 5.63. The van der Waals surface area contributed by atoms with Gasteiger partial charge >= 0.3 is 0 Å². The van der Waals surface area contributed by atoms with Crippen molar-refractivity contribution in [2.45, 2.75) is 46.4 Å². The molecule has 0 amide bonds. The van der Waals surface area contributed by atoms with Gasteiger partial charge in [0.05, 0.1) is 30.0 Å². The van der Waals surface area contributed by atoms with Gasteiger partial charge in [0.2, 0.25) is 0 Å². The van der Waals surface area contributed by atoms with Gasteiger partial charge in [-0.25, -0.2) is 9.98 Å². The molecule has 1 atom stereocenters. The largest absolute Gasteiger partial charge is 0.491 e. The molecule has 3 N–H and O–H groups in total. The number of aromatic nitrogens is 1. The average Bonchev–Trinajstić information content (AvgIpc) is 3.02. The highest BCUT2D eigenvalue weighted by Gasteiger charge is 2.09. The number of hydrogen-bond acceptors (Lipinski definition) is 5. The molecule has 142 valence electrons. The van der Waals surface area contributed by atoms with Crippen molar-refractivity contribution in [3.8, 4) is 5.75 Å². The Bertz CT molecular complexity index is 698. The zero-order chi connectivity index (χ0) is 18.9. The lowest BCUT2D eigenvalue weighted by Gasteiger charge is -2.16. The van der Waals surface area contributed by atoms with Crippen LogP contribution in [0.5, 0.6) is 5.75 Å². The number of aryl methyl sites for hydroxylation is 1. The van der Waals surface area contributed by atoms with E-state index in [0.717, 1.165) is 28.4 Å². The lowest BCUT2D eigenvalue weighted by atomic mass is 10.1. The molecule has 0 saturated carbocycles. The molecule has 0 fully saturated rings. The molecule has 0 aliphatic carbocycles. The molecule has 6 nitrogen and oxygen atoms in total. The summed E-state index contributed by atoms with van der Waals surface area (Å²) in [4.78, 5) is 9.94. The Morgan fingerprint density at radius 1 is 1.27 bits per heavy atom. The van der Waals surface area contributed by atoms with Crippen LogP contribution in [0.2, 0.25) is 0 Å². The van der Waals surface area contributed by atoms with Crippen LogP contribution in [0.25, 0.3) is 0 Å². The zero-order valence-corrected chi connectivity index (χ0v) is 16.6. The first-order valence-corrected chi connectivity index (χ1v) is 9.73. The standard InChI is InChI=1S/C19H28N4O2S/c1-5-20-19(22-11-18-14(4)23-12-26-18)21-10-17(24)15-6-8-16(9-7-15)25-13(2)3/h6-9,12-13,17,24H,5,10-11H2,1-4H3,(H2,20,21,22). The molecule has 0 spiro atoms. The minimum absolute atomic E-state index is 0.133. The van der Waals surface area contributed by atoms with Crippen molar-refractivity contribution in [3.63, 3.8) is 0 Å². The normalized spacial score (nSPS) is 12.9. The van der Waals surface area contributed by atoms with Crippen molar-refractivity contribution in [1.29, 1.82) is 0 Å². The van der Waals surface area contributed by atoms with E-state index >= 15 is 0 Å². The summed E-state index contributed by atoms with van der Waals surface area (Å²) in [7, 11) is 0. The molecule has 2 aromatic rings. The second-order valence-corrected chi connectivity index (χ2v) is 7.13. The second kappa shape index (κ2) is 10.1. The van der Waals surface area contributed by atoms with E-state index in [0.29, 0.717) is 19.0 Å². The highest BCUT2D eigenvalue weighted by molar-refractivity contribution is 7.09. The smallest absolute Gasteiger partial charge is 0.191 e. The number of benzene rings is 1. The van der Waals surface area contributed by atoms with E-state index in [1.54, 1.807) is 11.3 Å². The summed E-state index contributed by atoms with van der Waals surface area (Å²) in [6, 6.07) is 7.53. The van der Waals surface area contributed by atoms with E-state index in [1.807, 2.05) is 57.5 Å². The molecular formula is C19H28N4O2S. The van der Waals surface area contributed by atoms with Crippen LogP contribution in [-0.4, -0.2) is 35.2 Å². The van der Waals surface area contributed by atoms with E-state index in [2.05, 4.69) is 20.6 Å². The van der Waals surface area contributed by atoms with E-state index in [9.17, 15) is 5.11 Å². The van der Waals surface area contributed by atoms with E-state index < -0.39 is 6.10 Å². The Morgan fingerprint density at radius 3 is 2.58 bits per heavy atom. The predicted molar refractivity (Wildman–Crippen MR) is 107 cm³/mol. The van der Waals surface area contributed by atoms with Gasteiger partial charge in [0.1, 0.15) is 5.75 Å². The van der Waals surface area contributed by atoms with Gasteiger partial charge in [0.25, 0.3) is 0 Å². The maximum atomic E-state index is 10.4. The van der Waals surface area contributed by atoms with Gasteiger partial charge in [-0.05, 0) is 45.4 Å². The molecule has 1 unspecified atom stereocenters. The molecule has 1 aromatic carbocycles. The third-order valence-electron chi connectivity index (χ3n) is 3.67. The lowest BCUT2D eigenvalue weighted by molar-refractivity contribution is 0.180. The summed E-state index contributed by atoms with van der Waals surface area (Å²) in [5.41, 5.74) is 3.68. The van der Waals surface area contributed by atoms with Gasteiger partial charge in [0, 0.05) is 18.0 Å². The molecule has 0 aliphatic rings. The molecular weight excluding hydrogens is 348 g/mol. The van der Waals surface area contributed by atoms with Gasteiger partial charge in [0.15, 0.2) is 5.96 Å². The lowest BCUT2D eigenvalue weighted by Crippen LogP contribution is -2.39. The van der Waals surface area contributed by atoms with Crippen LogP contribution in [0.1, 0.15) is 43.0 Å². The van der Waals surface area contributed by atoms with Gasteiger partial charge in [-0.15, -0.1) is 11.3 Å². The highest BCUT2D eigenvalue weighted by Crippen LogP contribution is 2.18. The fourth-order valence-corrected chi connectivity index (χ4v) is 3.02. The number of nitrogens with one attached hydrogen (secondary N) is 2. The Balaban J connectivity index is 1.91. The number of aliphatic imine (C=N–C) groups is 1. The Labute approximate surface area is 159 Å². The maximum absolute atomic E-state index is 10.4. The van der Waals surface area contributed by atoms with E-state index in [-0.39, 0.29) is 6.10 Å². The first-order valence-electron chi connectivity index (χ1n) is 8.85. The average molecular weight is 377 g/mol. The van der Waals surface area contributed by atoms with Crippen LogP contribution in [0.4, 0.5) is 0 Å². The van der Waals surface area contributed by atoms with Crippen molar-refractivity contribution >= 4 is 17.3 Å². The first kappa shape index (κ1) is 20.2. The summed E-state index contributed by atoms with van der Waals surface area (Å²) >= 11 is 1.60. The van der Waals surface area contributed by atoms with Crippen molar-refractivity contribution in [2.75, 3.05) is 13.1 Å². The summed E-state index contributed by atoms with van der Waals surface area (Å²) in [5.74, 6) is 1.48. The van der Waals surface area contributed by atoms with Crippen molar-refractivity contribution < 1.29 is 9.84 Å². The summed E-state index contributed by atoms with van der Waals surface area (Å²) in [6.45, 7) is 9.67. The Hall–Kier alpha value is -2.12. The van der Waals surface area contributed by atoms with Gasteiger partial charge in [-0.3, -0.25) is 0 Å². The highest BCUT2D eigenvalue weighted by atomic mass is 32.1. The molecule has 0 saturated heterocycles. The third kappa shape index (κ3) is 6.31. The van der Waals surface area contributed by atoms with E-state index in [4.69, 9.17) is 4.74 Å². The molecule has 1 aromatic heterocycles. The first-order chi connectivity index (χ1) is 12.5.